The van der Waals surface area contributed by atoms with Gasteiger partial charge in [-0.1, -0.05) is 24.3 Å². The Morgan fingerprint density at radius 3 is 2.26 bits per heavy atom. The molecule has 0 aliphatic heterocycles. The number of benzene rings is 2. The molecule has 3 amide bonds. The number of para-hydroxylation sites is 1. The van der Waals surface area contributed by atoms with E-state index in [1.165, 1.54) is 0 Å². The third-order valence-corrected chi connectivity index (χ3v) is 4.88. The minimum absolute atomic E-state index is 0.0886. The predicted molar refractivity (Wildman–Crippen MR) is 134 cm³/mol. The van der Waals surface area contributed by atoms with Gasteiger partial charge < -0.3 is 30.2 Å². The molecule has 3 N–H and O–H groups in total. The summed E-state index contributed by atoms with van der Waals surface area (Å²) >= 11 is 0. The van der Waals surface area contributed by atoms with Crippen LogP contribution in [0, 0.1) is 0 Å². The van der Waals surface area contributed by atoms with Crippen molar-refractivity contribution in [3.05, 3.63) is 53.6 Å². The molecule has 0 unspecified atom stereocenters. The van der Waals surface area contributed by atoms with Crippen molar-refractivity contribution in [2.45, 2.75) is 52.2 Å². The number of carbonyl (C=O) groups excluding carboxylic acids is 3. The number of aryl methyl sites for hydroxylation is 1. The molecule has 0 heterocycles. The van der Waals surface area contributed by atoms with Crippen molar-refractivity contribution in [2.75, 3.05) is 26.1 Å². The lowest BCUT2D eigenvalue weighted by molar-refractivity contribution is -0.121. The summed E-state index contributed by atoms with van der Waals surface area (Å²) in [5.74, 6) is 0.895. The Morgan fingerprint density at radius 1 is 0.857 bits per heavy atom. The van der Waals surface area contributed by atoms with Crippen LogP contribution in [-0.2, 0) is 27.3 Å². The van der Waals surface area contributed by atoms with Gasteiger partial charge in [0.15, 0.2) is 11.5 Å². The van der Waals surface area contributed by atoms with Crippen molar-refractivity contribution in [1.82, 2.24) is 10.6 Å². The Kier molecular flexibility index (Phi) is 10.4. The molecule has 9 heteroatoms. The molecule has 0 radical (unpaired) electrons. The molecule has 9 nitrogen and oxygen atoms in total. The number of rotatable bonds is 11. The van der Waals surface area contributed by atoms with E-state index in [9.17, 15) is 14.4 Å². The lowest BCUT2D eigenvalue weighted by Gasteiger charge is -2.19. The van der Waals surface area contributed by atoms with Crippen LogP contribution in [0.1, 0.15) is 44.7 Å². The van der Waals surface area contributed by atoms with Crippen LogP contribution in [0.25, 0.3) is 0 Å². The highest BCUT2D eigenvalue weighted by molar-refractivity contribution is 5.92. The maximum Gasteiger partial charge on any atom is 0.407 e. The van der Waals surface area contributed by atoms with E-state index in [1.807, 2.05) is 30.3 Å². The van der Waals surface area contributed by atoms with Gasteiger partial charge in [0.05, 0.1) is 14.2 Å². The number of hydrogen-bond donors (Lipinski definition) is 3. The summed E-state index contributed by atoms with van der Waals surface area (Å²) in [4.78, 5) is 36.4. The van der Waals surface area contributed by atoms with Crippen LogP contribution in [0.5, 0.6) is 11.5 Å². The van der Waals surface area contributed by atoms with Gasteiger partial charge in [-0.2, -0.15) is 0 Å². The monoisotopic (exact) mass is 485 g/mol. The molecule has 0 aliphatic rings. The topological polar surface area (TPSA) is 115 Å². The minimum Gasteiger partial charge on any atom is -0.493 e. The van der Waals surface area contributed by atoms with E-state index < -0.39 is 11.7 Å². The third-order valence-electron chi connectivity index (χ3n) is 4.88. The Morgan fingerprint density at radius 2 is 1.57 bits per heavy atom. The molecule has 0 bridgehead atoms. The van der Waals surface area contributed by atoms with Crippen molar-refractivity contribution < 1.29 is 28.6 Å². The third kappa shape index (κ3) is 9.95. The van der Waals surface area contributed by atoms with E-state index in [1.54, 1.807) is 47.1 Å². The van der Waals surface area contributed by atoms with Gasteiger partial charge in [-0.25, -0.2) is 4.79 Å². The highest BCUT2D eigenvalue weighted by Gasteiger charge is 2.16. The van der Waals surface area contributed by atoms with Gasteiger partial charge in [0.25, 0.3) is 0 Å². The fraction of sp³-hybridized carbons (Fsp3) is 0.423. The summed E-state index contributed by atoms with van der Waals surface area (Å²) in [7, 11) is 3.15. The number of carbonyl (C=O) groups is 3. The maximum absolute atomic E-state index is 12.4. The zero-order valence-corrected chi connectivity index (χ0v) is 21.0. The second-order valence-electron chi connectivity index (χ2n) is 8.85. The summed E-state index contributed by atoms with van der Waals surface area (Å²) in [6.45, 7) is 5.73. The number of alkyl carbamates (subject to hydrolysis) is 1. The number of ether oxygens (including phenoxy) is 3. The molecule has 0 fully saturated rings. The SMILES string of the molecule is COc1ccc(CCC(=O)NCc2ccccc2NC(=O)CCNC(=O)OC(C)(C)C)cc1OC. The first kappa shape index (κ1) is 27.5. The number of methoxy groups -OCH3 is 2. The van der Waals surface area contributed by atoms with Gasteiger partial charge >= 0.3 is 6.09 Å². The molecule has 0 spiro atoms. The first-order valence-corrected chi connectivity index (χ1v) is 11.4. The van der Waals surface area contributed by atoms with Crippen LogP contribution in [0.2, 0.25) is 0 Å². The summed E-state index contributed by atoms with van der Waals surface area (Å²) in [6, 6.07) is 12.8. The van der Waals surface area contributed by atoms with Gasteiger partial charge in [0, 0.05) is 31.6 Å². The molecular weight excluding hydrogens is 450 g/mol. The van der Waals surface area contributed by atoms with E-state index in [0.717, 1.165) is 11.1 Å². The Balaban J connectivity index is 1.81. The highest BCUT2D eigenvalue weighted by atomic mass is 16.6. The average Bonchev–Trinajstić information content (AvgIpc) is 2.80. The Labute approximate surface area is 206 Å². The lowest BCUT2D eigenvalue weighted by atomic mass is 10.1. The van der Waals surface area contributed by atoms with Gasteiger partial charge in [-0.3, -0.25) is 9.59 Å². The maximum atomic E-state index is 12.4. The normalized spacial score (nSPS) is 10.8. The lowest BCUT2D eigenvalue weighted by Crippen LogP contribution is -2.34. The fourth-order valence-corrected chi connectivity index (χ4v) is 3.18. The molecule has 2 aromatic carbocycles. The minimum atomic E-state index is -0.600. The van der Waals surface area contributed by atoms with E-state index in [2.05, 4.69) is 16.0 Å². The van der Waals surface area contributed by atoms with Gasteiger partial charge in [0.1, 0.15) is 5.60 Å². The standard InChI is InChI=1S/C26H35N3O6/c1-26(2,3)35-25(32)27-15-14-24(31)29-20-9-7-6-8-19(20)17-28-23(30)13-11-18-10-12-21(33-4)22(16-18)34-5/h6-10,12,16H,11,13-15,17H2,1-5H3,(H,27,32)(H,28,30)(H,29,31). The van der Waals surface area contributed by atoms with E-state index >= 15 is 0 Å². The smallest absolute Gasteiger partial charge is 0.407 e. The largest absolute Gasteiger partial charge is 0.493 e. The number of hydrogen-bond acceptors (Lipinski definition) is 6. The van der Waals surface area contributed by atoms with E-state index in [0.29, 0.717) is 30.0 Å². The summed E-state index contributed by atoms with van der Waals surface area (Å²) in [5, 5.41) is 8.28. The molecule has 190 valence electrons. The molecule has 2 aromatic rings. The van der Waals surface area contributed by atoms with E-state index in [4.69, 9.17) is 14.2 Å². The molecule has 0 saturated carbocycles. The molecule has 2 rings (SSSR count). The van der Waals surface area contributed by atoms with Crippen molar-refractivity contribution in [3.8, 4) is 11.5 Å². The van der Waals surface area contributed by atoms with Crippen molar-refractivity contribution in [1.29, 1.82) is 0 Å². The van der Waals surface area contributed by atoms with Crippen LogP contribution in [-0.4, -0.2) is 44.3 Å². The summed E-state index contributed by atoms with van der Waals surface area (Å²) < 4.78 is 15.7. The zero-order valence-electron chi connectivity index (χ0n) is 21.0. The summed E-state index contributed by atoms with van der Waals surface area (Å²) in [5.41, 5.74) is 1.75. The van der Waals surface area contributed by atoms with Crippen LogP contribution in [0.15, 0.2) is 42.5 Å². The number of anilines is 1. The quantitative estimate of drug-likeness (QED) is 0.446. The Bertz CT molecular complexity index is 1020. The van der Waals surface area contributed by atoms with Gasteiger partial charge in [0.2, 0.25) is 11.8 Å². The zero-order chi connectivity index (χ0) is 25.8. The van der Waals surface area contributed by atoms with Crippen LogP contribution < -0.4 is 25.4 Å². The van der Waals surface area contributed by atoms with Crippen LogP contribution in [0.4, 0.5) is 10.5 Å². The van der Waals surface area contributed by atoms with Crippen LogP contribution in [0.3, 0.4) is 0 Å². The Hall–Kier alpha value is -3.75. The van der Waals surface area contributed by atoms with Crippen molar-refractivity contribution in [2.24, 2.45) is 0 Å². The highest BCUT2D eigenvalue weighted by Crippen LogP contribution is 2.28. The molecular formula is C26H35N3O6. The number of nitrogens with one attached hydrogen (secondary N) is 3. The first-order valence-electron chi connectivity index (χ1n) is 11.4. The molecule has 0 aromatic heterocycles. The van der Waals surface area contributed by atoms with Crippen molar-refractivity contribution in [3.63, 3.8) is 0 Å². The van der Waals surface area contributed by atoms with Gasteiger partial charge in [-0.15, -0.1) is 0 Å². The first-order chi connectivity index (χ1) is 16.6. The summed E-state index contributed by atoms with van der Waals surface area (Å²) in [6.07, 6.45) is 0.377. The molecule has 0 saturated heterocycles. The predicted octanol–water partition coefficient (Wildman–Crippen LogP) is 3.81. The fourth-order valence-electron chi connectivity index (χ4n) is 3.18. The molecule has 0 atom stereocenters. The molecule has 0 aliphatic carbocycles. The molecule has 35 heavy (non-hydrogen) atoms. The van der Waals surface area contributed by atoms with Gasteiger partial charge in [-0.05, 0) is 56.5 Å². The number of amides is 3. The second-order valence-corrected chi connectivity index (χ2v) is 8.85. The second kappa shape index (κ2) is 13.2. The average molecular weight is 486 g/mol. The van der Waals surface area contributed by atoms with Crippen molar-refractivity contribution >= 4 is 23.6 Å². The van der Waals surface area contributed by atoms with Crippen LogP contribution >= 0.6 is 0 Å². The van der Waals surface area contributed by atoms with E-state index in [-0.39, 0.29) is 31.3 Å².